The van der Waals surface area contributed by atoms with Crippen LogP contribution in [-0.4, -0.2) is 33.8 Å². The minimum Gasteiger partial charge on any atom is -0.495 e. The summed E-state index contributed by atoms with van der Waals surface area (Å²) in [4.78, 5) is 2.35. The normalized spacial score (nSPS) is 19.3. The highest BCUT2D eigenvalue weighted by atomic mass is 16.5. The number of benzene rings is 1. The first-order valence-corrected chi connectivity index (χ1v) is 7.19. The lowest BCUT2D eigenvalue weighted by molar-refractivity contribution is 0.377. The van der Waals surface area contributed by atoms with Crippen molar-refractivity contribution in [1.29, 1.82) is 0 Å². The Hall–Kier alpha value is -1.22. The van der Waals surface area contributed by atoms with Crippen LogP contribution < -0.4 is 15.0 Å². The molecule has 1 atom stereocenters. The third kappa shape index (κ3) is 3.41. The van der Waals surface area contributed by atoms with E-state index in [1.807, 2.05) is 0 Å². The van der Waals surface area contributed by atoms with Gasteiger partial charge in [-0.2, -0.15) is 0 Å². The highest BCUT2D eigenvalue weighted by molar-refractivity contribution is 5.64. The average Bonchev–Trinajstić information content (AvgIpc) is 2.38. The number of rotatable bonds is 4. The van der Waals surface area contributed by atoms with Crippen molar-refractivity contribution in [3.63, 3.8) is 0 Å². The Labute approximate surface area is 116 Å². The first kappa shape index (κ1) is 14.2. The van der Waals surface area contributed by atoms with Crippen molar-refractivity contribution >= 4 is 5.69 Å². The predicted molar refractivity (Wildman–Crippen MR) is 81.3 cm³/mol. The maximum absolute atomic E-state index is 5.56. The zero-order valence-corrected chi connectivity index (χ0v) is 12.6. The van der Waals surface area contributed by atoms with Crippen LogP contribution in [0.5, 0.6) is 5.75 Å². The van der Waals surface area contributed by atoms with E-state index < -0.39 is 0 Å². The Kier molecular flexibility index (Phi) is 4.70. The van der Waals surface area contributed by atoms with Crippen LogP contribution in [0.25, 0.3) is 0 Å². The van der Waals surface area contributed by atoms with Crippen LogP contribution in [0.15, 0.2) is 12.1 Å². The van der Waals surface area contributed by atoms with Gasteiger partial charge in [-0.25, -0.2) is 0 Å². The van der Waals surface area contributed by atoms with Gasteiger partial charge in [0, 0.05) is 13.6 Å². The van der Waals surface area contributed by atoms with E-state index in [0.717, 1.165) is 24.8 Å². The van der Waals surface area contributed by atoms with E-state index in [0.29, 0.717) is 0 Å². The molecule has 1 saturated heterocycles. The lowest BCUT2D eigenvalue weighted by Crippen LogP contribution is -2.37. The molecule has 1 aromatic carbocycles. The van der Waals surface area contributed by atoms with Gasteiger partial charge in [-0.3, -0.25) is 0 Å². The number of nitrogens with one attached hydrogen (secondary N) is 1. The predicted octanol–water partition coefficient (Wildman–Crippen LogP) is 2.75. The summed E-state index contributed by atoms with van der Waals surface area (Å²) in [6.07, 6.45) is 2.62. The largest absolute Gasteiger partial charge is 0.495 e. The van der Waals surface area contributed by atoms with Crippen LogP contribution in [0.4, 0.5) is 5.69 Å². The molecule has 19 heavy (non-hydrogen) atoms. The number of aryl methyl sites for hydroxylation is 2. The molecule has 1 fully saturated rings. The van der Waals surface area contributed by atoms with Gasteiger partial charge in [0.1, 0.15) is 5.75 Å². The Morgan fingerprint density at radius 1 is 1.37 bits per heavy atom. The zero-order valence-electron chi connectivity index (χ0n) is 12.6. The smallest absolute Gasteiger partial charge is 0.142 e. The Morgan fingerprint density at radius 3 is 2.79 bits per heavy atom. The summed E-state index contributed by atoms with van der Waals surface area (Å²) in [6, 6.07) is 4.35. The second-order valence-electron chi connectivity index (χ2n) is 5.73. The van der Waals surface area contributed by atoms with Crippen LogP contribution in [0, 0.1) is 19.8 Å². The summed E-state index contributed by atoms with van der Waals surface area (Å²) in [7, 11) is 3.93. The number of nitrogens with zero attached hydrogens (tertiary/aromatic N) is 1. The number of ether oxygens (including phenoxy) is 1. The molecule has 3 heteroatoms. The van der Waals surface area contributed by atoms with Crippen molar-refractivity contribution in [2.75, 3.05) is 38.7 Å². The van der Waals surface area contributed by atoms with Crippen LogP contribution in [-0.2, 0) is 0 Å². The number of hydrogen-bond donors (Lipinski definition) is 1. The minimum atomic E-state index is 0.740. The molecule has 0 amide bonds. The van der Waals surface area contributed by atoms with Crippen molar-refractivity contribution in [3.05, 3.63) is 23.3 Å². The first-order chi connectivity index (χ1) is 9.11. The average molecular weight is 262 g/mol. The van der Waals surface area contributed by atoms with Gasteiger partial charge in [0.2, 0.25) is 0 Å². The lowest BCUT2D eigenvalue weighted by Gasteiger charge is -2.30. The van der Waals surface area contributed by atoms with Crippen LogP contribution in [0.2, 0.25) is 0 Å². The molecule has 3 nitrogen and oxygen atoms in total. The van der Waals surface area contributed by atoms with Crippen molar-refractivity contribution in [2.45, 2.75) is 26.7 Å². The molecule has 1 aliphatic heterocycles. The van der Waals surface area contributed by atoms with E-state index in [1.165, 1.54) is 36.2 Å². The standard InChI is InChI=1S/C16H26N2O/c1-12-8-13(2)16(15(9-12)19-4)18(3)11-14-6-5-7-17-10-14/h8-9,14,17H,5-7,10-11H2,1-4H3. The molecule has 1 aromatic rings. The number of anilines is 1. The SMILES string of the molecule is COc1cc(C)cc(C)c1N(C)CC1CCCNC1. The lowest BCUT2D eigenvalue weighted by atomic mass is 9.98. The fourth-order valence-electron chi connectivity index (χ4n) is 3.12. The van der Waals surface area contributed by atoms with E-state index in [2.05, 4.69) is 43.2 Å². The Bertz CT molecular complexity index is 425. The molecule has 0 bridgehead atoms. The van der Waals surface area contributed by atoms with E-state index in [4.69, 9.17) is 4.74 Å². The molecular formula is C16H26N2O. The van der Waals surface area contributed by atoms with Crippen molar-refractivity contribution < 1.29 is 4.74 Å². The minimum absolute atomic E-state index is 0.740. The second-order valence-corrected chi connectivity index (χ2v) is 5.73. The second kappa shape index (κ2) is 6.29. The fourth-order valence-corrected chi connectivity index (χ4v) is 3.12. The number of hydrogen-bond acceptors (Lipinski definition) is 3. The molecule has 0 saturated carbocycles. The summed E-state index contributed by atoms with van der Waals surface area (Å²) in [5.41, 5.74) is 3.78. The highest BCUT2D eigenvalue weighted by Crippen LogP contribution is 2.33. The van der Waals surface area contributed by atoms with Gasteiger partial charge in [-0.15, -0.1) is 0 Å². The third-order valence-corrected chi connectivity index (χ3v) is 3.94. The van der Waals surface area contributed by atoms with Crippen LogP contribution in [0.1, 0.15) is 24.0 Å². The molecule has 0 radical (unpaired) electrons. The van der Waals surface area contributed by atoms with Crippen molar-refractivity contribution in [3.8, 4) is 5.75 Å². The summed E-state index contributed by atoms with van der Waals surface area (Å²) in [5, 5.41) is 3.49. The molecule has 1 unspecified atom stereocenters. The molecule has 1 N–H and O–H groups in total. The van der Waals surface area contributed by atoms with Crippen LogP contribution in [0.3, 0.4) is 0 Å². The van der Waals surface area contributed by atoms with Gasteiger partial charge in [0.25, 0.3) is 0 Å². The Morgan fingerprint density at radius 2 is 2.16 bits per heavy atom. The van der Waals surface area contributed by atoms with Crippen molar-refractivity contribution in [1.82, 2.24) is 5.32 Å². The summed E-state index contributed by atoms with van der Waals surface area (Å²) >= 11 is 0. The van der Waals surface area contributed by atoms with Gasteiger partial charge in [0.15, 0.2) is 0 Å². The van der Waals surface area contributed by atoms with Gasteiger partial charge in [-0.1, -0.05) is 6.07 Å². The summed E-state index contributed by atoms with van der Waals surface area (Å²) in [5.74, 6) is 1.73. The van der Waals surface area contributed by atoms with Gasteiger partial charge in [0.05, 0.1) is 12.8 Å². The van der Waals surface area contributed by atoms with Gasteiger partial charge in [-0.05, 0) is 62.9 Å². The van der Waals surface area contributed by atoms with Crippen molar-refractivity contribution in [2.24, 2.45) is 5.92 Å². The van der Waals surface area contributed by atoms with Gasteiger partial charge >= 0.3 is 0 Å². The third-order valence-electron chi connectivity index (χ3n) is 3.94. The molecule has 0 aliphatic carbocycles. The molecule has 2 rings (SSSR count). The molecule has 1 aliphatic rings. The quantitative estimate of drug-likeness (QED) is 0.903. The molecular weight excluding hydrogens is 236 g/mol. The van der Waals surface area contributed by atoms with E-state index in [1.54, 1.807) is 7.11 Å². The van der Waals surface area contributed by atoms with E-state index in [-0.39, 0.29) is 0 Å². The molecule has 106 valence electrons. The first-order valence-electron chi connectivity index (χ1n) is 7.19. The molecule has 0 aromatic heterocycles. The highest BCUT2D eigenvalue weighted by Gasteiger charge is 2.18. The topological polar surface area (TPSA) is 24.5 Å². The zero-order chi connectivity index (χ0) is 13.8. The van der Waals surface area contributed by atoms with Crippen LogP contribution >= 0.6 is 0 Å². The summed E-state index contributed by atoms with van der Waals surface area (Å²) in [6.45, 7) is 7.68. The summed E-state index contributed by atoms with van der Waals surface area (Å²) < 4.78 is 5.56. The van der Waals surface area contributed by atoms with Gasteiger partial charge < -0.3 is 15.0 Å². The molecule has 1 heterocycles. The molecule has 0 spiro atoms. The number of piperidine rings is 1. The number of methoxy groups -OCH3 is 1. The fraction of sp³-hybridized carbons (Fsp3) is 0.625. The Balaban J connectivity index is 2.15. The maximum Gasteiger partial charge on any atom is 0.142 e. The van der Waals surface area contributed by atoms with E-state index >= 15 is 0 Å². The monoisotopic (exact) mass is 262 g/mol. The maximum atomic E-state index is 5.56. The van der Waals surface area contributed by atoms with E-state index in [9.17, 15) is 0 Å².